The van der Waals surface area contributed by atoms with Gasteiger partial charge in [-0.25, -0.2) is 20.0 Å². The second-order valence-electron chi connectivity index (χ2n) is 8.13. The number of benzene rings is 3. The lowest BCUT2D eigenvalue weighted by Gasteiger charge is -2.03. The first-order chi connectivity index (χ1) is 17.3. The third-order valence-electron chi connectivity index (χ3n) is 5.84. The Labute approximate surface area is 203 Å². The molecule has 0 bridgehead atoms. The monoisotopic (exact) mass is 451 g/mol. The van der Waals surface area contributed by atoms with E-state index in [0.717, 1.165) is 45.1 Å². The number of aliphatic imine (C=N–C) groups is 2. The van der Waals surface area contributed by atoms with Gasteiger partial charge in [0.05, 0.1) is 0 Å². The number of nitrogens with one attached hydrogen (secondary N) is 1. The van der Waals surface area contributed by atoms with E-state index in [1.54, 1.807) is 0 Å². The van der Waals surface area contributed by atoms with Crippen molar-refractivity contribution in [1.82, 2.24) is 15.3 Å². The van der Waals surface area contributed by atoms with Gasteiger partial charge in [0.2, 0.25) is 0 Å². The third-order valence-corrected chi connectivity index (χ3v) is 5.84. The van der Waals surface area contributed by atoms with Crippen molar-refractivity contribution in [1.29, 1.82) is 0 Å². The summed E-state index contributed by atoms with van der Waals surface area (Å²) in [7, 11) is 0. The minimum atomic E-state index is 0.633. The molecule has 0 saturated heterocycles. The molecule has 5 heteroatoms. The smallest absolute Gasteiger partial charge is 0.154 e. The molecule has 0 unspecified atom stereocenters. The summed E-state index contributed by atoms with van der Waals surface area (Å²) in [4.78, 5) is 18.7. The number of rotatable bonds is 4. The van der Waals surface area contributed by atoms with Crippen molar-refractivity contribution < 1.29 is 0 Å². The molecule has 6 rings (SSSR count). The van der Waals surface area contributed by atoms with Crippen LogP contribution in [-0.2, 0) is 0 Å². The Balaban J connectivity index is 1.29. The topological polar surface area (TPSA) is 62.5 Å². The molecule has 0 spiro atoms. The molecular formula is C30H21N5. The van der Waals surface area contributed by atoms with Gasteiger partial charge in [-0.1, -0.05) is 84.9 Å². The van der Waals surface area contributed by atoms with Crippen LogP contribution >= 0.6 is 0 Å². The molecule has 35 heavy (non-hydrogen) atoms. The molecule has 3 aromatic carbocycles. The molecule has 2 aromatic heterocycles. The van der Waals surface area contributed by atoms with Gasteiger partial charge >= 0.3 is 0 Å². The molecule has 1 N–H and O–H groups in total. The lowest BCUT2D eigenvalue weighted by molar-refractivity contribution is 1.23. The van der Waals surface area contributed by atoms with Gasteiger partial charge in [-0.3, -0.25) is 0 Å². The molecule has 0 saturated carbocycles. The molecule has 0 atom stereocenters. The number of amidine groups is 2. The fourth-order valence-corrected chi connectivity index (χ4v) is 4.06. The van der Waals surface area contributed by atoms with Crippen LogP contribution in [0.1, 0.15) is 11.1 Å². The highest BCUT2D eigenvalue weighted by Gasteiger charge is 2.23. The van der Waals surface area contributed by atoms with Gasteiger partial charge < -0.3 is 5.32 Å². The average molecular weight is 452 g/mol. The summed E-state index contributed by atoms with van der Waals surface area (Å²) < 4.78 is 0. The number of hydrogen-bond donors (Lipinski definition) is 1. The van der Waals surface area contributed by atoms with Crippen molar-refractivity contribution in [3.8, 4) is 22.3 Å². The molecule has 3 heterocycles. The molecule has 5 aromatic rings. The van der Waals surface area contributed by atoms with Gasteiger partial charge in [-0.15, -0.1) is 0 Å². The van der Waals surface area contributed by atoms with Gasteiger partial charge in [0, 0.05) is 34.6 Å². The molecule has 0 aliphatic carbocycles. The van der Waals surface area contributed by atoms with E-state index in [2.05, 4.69) is 39.6 Å². The maximum Gasteiger partial charge on any atom is 0.154 e. The van der Waals surface area contributed by atoms with E-state index in [4.69, 9.17) is 9.98 Å². The molecule has 5 nitrogen and oxygen atoms in total. The van der Waals surface area contributed by atoms with Crippen LogP contribution in [0.4, 0.5) is 11.6 Å². The number of hydrogen-bond acceptors (Lipinski definition) is 4. The molecule has 1 aliphatic heterocycles. The number of aromatic nitrogens is 2. The molecule has 166 valence electrons. The Morgan fingerprint density at radius 1 is 0.429 bits per heavy atom. The van der Waals surface area contributed by atoms with Gasteiger partial charge in [-0.05, 0) is 35.4 Å². The summed E-state index contributed by atoms with van der Waals surface area (Å²) >= 11 is 0. The van der Waals surface area contributed by atoms with Crippen LogP contribution in [0.3, 0.4) is 0 Å². The van der Waals surface area contributed by atoms with Crippen molar-refractivity contribution in [3.63, 3.8) is 0 Å². The average Bonchev–Trinajstić information content (AvgIpc) is 3.27. The van der Waals surface area contributed by atoms with E-state index in [9.17, 15) is 0 Å². The first-order valence-electron chi connectivity index (χ1n) is 11.4. The standard InChI is InChI=1S/C30H21N5/c1-3-9-21(10-4-1)23-15-17-27(31-19-23)33-29-25-13-7-8-14-26(25)30(35-29)34-28-18-16-24(20-32-28)22-11-5-2-6-12-22/h1-20H,(H,31,32,33,34,35). The quantitative estimate of drug-likeness (QED) is 0.336. The van der Waals surface area contributed by atoms with Crippen LogP contribution in [0.5, 0.6) is 0 Å². The fourth-order valence-electron chi connectivity index (χ4n) is 4.06. The summed E-state index contributed by atoms with van der Waals surface area (Å²) in [6.07, 6.45) is 3.70. The molecule has 0 radical (unpaired) electrons. The van der Waals surface area contributed by atoms with Crippen LogP contribution in [-0.4, -0.2) is 21.6 Å². The van der Waals surface area contributed by atoms with E-state index in [0.29, 0.717) is 11.6 Å². The van der Waals surface area contributed by atoms with Crippen LogP contribution < -0.4 is 5.32 Å². The first-order valence-corrected chi connectivity index (χ1v) is 11.4. The lowest BCUT2D eigenvalue weighted by atomic mass is 10.1. The summed E-state index contributed by atoms with van der Waals surface area (Å²) in [6.45, 7) is 0. The van der Waals surface area contributed by atoms with Crippen molar-refractivity contribution >= 4 is 23.3 Å². The van der Waals surface area contributed by atoms with Crippen molar-refractivity contribution in [2.24, 2.45) is 9.98 Å². The fraction of sp³-hybridized carbons (Fsp3) is 0. The molecular weight excluding hydrogens is 430 g/mol. The van der Waals surface area contributed by atoms with Crippen LogP contribution in [0.15, 0.2) is 132 Å². The van der Waals surface area contributed by atoms with E-state index in [-0.39, 0.29) is 0 Å². The Morgan fingerprint density at radius 2 is 0.857 bits per heavy atom. The predicted molar refractivity (Wildman–Crippen MR) is 141 cm³/mol. The zero-order valence-electron chi connectivity index (χ0n) is 18.8. The minimum absolute atomic E-state index is 0.633. The number of nitrogens with zero attached hydrogens (tertiary/aromatic N) is 4. The van der Waals surface area contributed by atoms with Gasteiger partial charge in [0.25, 0.3) is 0 Å². The van der Waals surface area contributed by atoms with Crippen LogP contribution in [0, 0.1) is 0 Å². The third kappa shape index (κ3) is 4.35. The van der Waals surface area contributed by atoms with E-state index < -0.39 is 0 Å². The summed E-state index contributed by atoms with van der Waals surface area (Å²) in [6, 6.07) is 36.4. The Bertz CT molecular complexity index is 1400. The Hall–Kier alpha value is -4.90. The van der Waals surface area contributed by atoms with Gasteiger partial charge in [0.15, 0.2) is 11.6 Å². The number of fused-ring (bicyclic) bond motifs is 1. The molecule has 1 aliphatic rings. The largest absolute Gasteiger partial charge is 0.324 e. The zero-order chi connectivity index (χ0) is 23.5. The second-order valence-corrected chi connectivity index (χ2v) is 8.13. The van der Waals surface area contributed by atoms with E-state index in [1.807, 2.05) is 97.3 Å². The molecule has 0 amide bonds. The summed E-state index contributed by atoms with van der Waals surface area (Å²) in [5, 5.41) is 3.37. The summed E-state index contributed by atoms with van der Waals surface area (Å²) in [5.74, 6) is 2.71. The van der Waals surface area contributed by atoms with Crippen molar-refractivity contribution in [2.75, 3.05) is 0 Å². The normalized spacial score (nSPS) is 14.6. The van der Waals surface area contributed by atoms with Gasteiger partial charge in [-0.2, -0.15) is 0 Å². The Kier molecular flexibility index (Phi) is 5.41. The zero-order valence-corrected chi connectivity index (χ0v) is 18.8. The SMILES string of the molecule is c1ccc(-c2ccc(/N=C3\N/C(=N/c4ccc(-c5ccccc5)cn4)c4ccccc43)nc2)cc1. The van der Waals surface area contributed by atoms with E-state index >= 15 is 0 Å². The number of pyridine rings is 2. The van der Waals surface area contributed by atoms with Gasteiger partial charge in [0.1, 0.15) is 11.7 Å². The summed E-state index contributed by atoms with van der Waals surface area (Å²) in [5.41, 5.74) is 6.35. The lowest BCUT2D eigenvalue weighted by Crippen LogP contribution is -2.22. The highest BCUT2D eigenvalue weighted by Crippen LogP contribution is 2.25. The van der Waals surface area contributed by atoms with Crippen molar-refractivity contribution in [2.45, 2.75) is 0 Å². The maximum absolute atomic E-state index is 4.77. The van der Waals surface area contributed by atoms with Crippen LogP contribution in [0.25, 0.3) is 22.3 Å². The second kappa shape index (κ2) is 9.15. The van der Waals surface area contributed by atoms with E-state index in [1.165, 1.54) is 0 Å². The maximum atomic E-state index is 4.77. The highest BCUT2D eigenvalue weighted by atomic mass is 15.1. The predicted octanol–water partition coefficient (Wildman–Crippen LogP) is 6.57. The minimum Gasteiger partial charge on any atom is -0.324 e. The first kappa shape index (κ1) is 20.7. The Morgan fingerprint density at radius 3 is 1.26 bits per heavy atom. The van der Waals surface area contributed by atoms with Crippen LogP contribution in [0.2, 0.25) is 0 Å². The molecule has 0 fully saturated rings. The van der Waals surface area contributed by atoms with Crippen molar-refractivity contribution in [3.05, 3.63) is 133 Å². The highest BCUT2D eigenvalue weighted by molar-refractivity contribution is 6.26.